The van der Waals surface area contributed by atoms with E-state index in [1.807, 2.05) is 43.3 Å². The maximum absolute atomic E-state index is 5.88. The standard InChI is InChI=1S/C14H10ClN3OS/c1-8-11(13-17-18-14(20)19-13)6-7-12(16-8)9-2-4-10(15)5-3-9/h2-7H,1H3,(H,18,20). The molecule has 0 aliphatic carbocycles. The smallest absolute Gasteiger partial charge is 0.284 e. The number of hydrogen-bond acceptors (Lipinski definition) is 4. The SMILES string of the molecule is Cc1nc(-c2ccc(Cl)cc2)ccc1-c1n[nH]c(=S)o1. The Balaban J connectivity index is 2.03. The molecule has 4 nitrogen and oxygen atoms in total. The maximum Gasteiger partial charge on any atom is 0.284 e. The fourth-order valence-corrected chi connectivity index (χ4v) is 2.16. The second-order valence-electron chi connectivity index (χ2n) is 4.25. The van der Waals surface area contributed by atoms with Crippen LogP contribution >= 0.6 is 23.8 Å². The van der Waals surface area contributed by atoms with Crippen molar-refractivity contribution in [3.8, 4) is 22.7 Å². The Hall–Kier alpha value is -1.98. The number of aromatic amines is 1. The molecule has 0 radical (unpaired) electrons. The number of nitrogens with one attached hydrogen (secondary N) is 1. The topological polar surface area (TPSA) is 54.7 Å². The third-order valence-corrected chi connectivity index (χ3v) is 3.32. The number of hydrogen-bond donors (Lipinski definition) is 1. The molecule has 6 heteroatoms. The van der Waals surface area contributed by atoms with E-state index in [0.29, 0.717) is 10.9 Å². The average molecular weight is 304 g/mol. The molecule has 0 saturated heterocycles. The van der Waals surface area contributed by atoms with Gasteiger partial charge in [0.15, 0.2) is 0 Å². The minimum Gasteiger partial charge on any atom is -0.409 e. The molecule has 2 aromatic heterocycles. The van der Waals surface area contributed by atoms with Crippen LogP contribution in [-0.4, -0.2) is 15.2 Å². The fourth-order valence-electron chi connectivity index (χ4n) is 1.91. The summed E-state index contributed by atoms with van der Waals surface area (Å²) in [7, 11) is 0. The molecule has 1 aromatic carbocycles. The molecule has 0 fully saturated rings. The van der Waals surface area contributed by atoms with Gasteiger partial charge in [-0.15, -0.1) is 5.10 Å². The summed E-state index contributed by atoms with van der Waals surface area (Å²) in [6, 6.07) is 11.4. The van der Waals surface area contributed by atoms with E-state index in [1.54, 1.807) is 0 Å². The largest absolute Gasteiger partial charge is 0.409 e. The lowest BCUT2D eigenvalue weighted by atomic mass is 10.1. The van der Waals surface area contributed by atoms with Crippen LogP contribution in [-0.2, 0) is 0 Å². The maximum atomic E-state index is 5.88. The Morgan fingerprint density at radius 2 is 1.90 bits per heavy atom. The van der Waals surface area contributed by atoms with E-state index < -0.39 is 0 Å². The van der Waals surface area contributed by atoms with Gasteiger partial charge in [-0.2, -0.15) is 0 Å². The fraction of sp³-hybridized carbons (Fsp3) is 0.0714. The molecule has 1 N–H and O–H groups in total. The van der Waals surface area contributed by atoms with E-state index in [1.165, 1.54) is 0 Å². The van der Waals surface area contributed by atoms with Gasteiger partial charge in [-0.3, -0.25) is 4.98 Å². The molecular formula is C14H10ClN3OS. The number of benzene rings is 1. The van der Waals surface area contributed by atoms with Gasteiger partial charge in [0.05, 0.1) is 17.0 Å². The van der Waals surface area contributed by atoms with Gasteiger partial charge in [-0.1, -0.05) is 23.7 Å². The zero-order valence-corrected chi connectivity index (χ0v) is 12.1. The van der Waals surface area contributed by atoms with Crippen LogP contribution in [0.1, 0.15) is 5.69 Å². The second-order valence-corrected chi connectivity index (χ2v) is 5.06. The molecule has 0 bridgehead atoms. The van der Waals surface area contributed by atoms with Crippen molar-refractivity contribution in [1.29, 1.82) is 0 Å². The molecule has 0 atom stereocenters. The van der Waals surface area contributed by atoms with Crippen LogP contribution in [0.25, 0.3) is 22.7 Å². The Morgan fingerprint density at radius 1 is 1.15 bits per heavy atom. The van der Waals surface area contributed by atoms with E-state index in [2.05, 4.69) is 15.2 Å². The molecule has 0 spiro atoms. The number of pyridine rings is 1. The van der Waals surface area contributed by atoms with Crippen LogP contribution in [0, 0.1) is 11.8 Å². The monoisotopic (exact) mass is 303 g/mol. The van der Waals surface area contributed by atoms with Gasteiger partial charge < -0.3 is 4.42 Å². The lowest BCUT2D eigenvalue weighted by molar-refractivity contribution is 0.551. The summed E-state index contributed by atoms with van der Waals surface area (Å²) in [6.45, 7) is 1.90. The first-order chi connectivity index (χ1) is 9.63. The van der Waals surface area contributed by atoms with Crippen molar-refractivity contribution in [2.75, 3.05) is 0 Å². The molecule has 100 valence electrons. The third-order valence-electron chi connectivity index (χ3n) is 2.89. The minimum absolute atomic E-state index is 0.251. The van der Waals surface area contributed by atoms with Crippen LogP contribution in [0.3, 0.4) is 0 Å². The van der Waals surface area contributed by atoms with Gasteiger partial charge in [0.25, 0.3) is 4.84 Å². The van der Waals surface area contributed by atoms with Gasteiger partial charge in [-0.25, -0.2) is 5.10 Å². The van der Waals surface area contributed by atoms with E-state index in [-0.39, 0.29) is 4.84 Å². The van der Waals surface area contributed by atoms with Crippen molar-refractivity contribution >= 4 is 23.8 Å². The number of halogens is 1. The Morgan fingerprint density at radius 3 is 2.50 bits per heavy atom. The van der Waals surface area contributed by atoms with Crippen LogP contribution in [0.15, 0.2) is 40.8 Å². The summed E-state index contributed by atoms with van der Waals surface area (Å²) in [6.07, 6.45) is 0. The van der Waals surface area contributed by atoms with Crippen LogP contribution in [0.2, 0.25) is 5.02 Å². The number of aromatic nitrogens is 3. The second kappa shape index (κ2) is 5.19. The van der Waals surface area contributed by atoms with Gasteiger partial charge in [0, 0.05) is 10.6 Å². The molecule has 0 amide bonds. The molecule has 0 aliphatic rings. The molecule has 3 aromatic rings. The highest BCUT2D eigenvalue weighted by Crippen LogP contribution is 2.25. The van der Waals surface area contributed by atoms with Crippen molar-refractivity contribution in [2.24, 2.45) is 0 Å². The number of aryl methyl sites for hydroxylation is 1. The van der Waals surface area contributed by atoms with E-state index in [4.69, 9.17) is 28.2 Å². The predicted molar refractivity (Wildman–Crippen MR) is 80.1 cm³/mol. The van der Waals surface area contributed by atoms with E-state index >= 15 is 0 Å². The number of rotatable bonds is 2. The highest BCUT2D eigenvalue weighted by molar-refractivity contribution is 7.71. The molecular weight excluding hydrogens is 294 g/mol. The third kappa shape index (κ3) is 2.50. The van der Waals surface area contributed by atoms with Gasteiger partial charge in [0.1, 0.15) is 0 Å². The molecule has 3 rings (SSSR count). The number of H-pyrrole nitrogens is 1. The quantitative estimate of drug-likeness (QED) is 0.712. The first kappa shape index (κ1) is 13.0. The highest BCUT2D eigenvalue weighted by atomic mass is 35.5. The van der Waals surface area contributed by atoms with Crippen LogP contribution < -0.4 is 0 Å². The Kier molecular flexibility index (Phi) is 3.38. The van der Waals surface area contributed by atoms with Gasteiger partial charge >= 0.3 is 0 Å². The lowest BCUT2D eigenvalue weighted by Crippen LogP contribution is -1.91. The minimum atomic E-state index is 0.251. The van der Waals surface area contributed by atoms with E-state index in [9.17, 15) is 0 Å². The van der Waals surface area contributed by atoms with E-state index in [0.717, 1.165) is 22.5 Å². The highest BCUT2D eigenvalue weighted by Gasteiger charge is 2.10. The van der Waals surface area contributed by atoms with Gasteiger partial charge in [-0.05, 0) is 43.4 Å². The Labute approximate surface area is 125 Å². The summed E-state index contributed by atoms with van der Waals surface area (Å²) in [5.41, 5.74) is 3.52. The molecule has 0 unspecified atom stereocenters. The van der Waals surface area contributed by atoms with Crippen molar-refractivity contribution < 1.29 is 4.42 Å². The van der Waals surface area contributed by atoms with Crippen molar-refractivity contribution in [2.45, 2.75) is 6.92 Å². The zero-order valence-electron chi connectivity index (χ0n) is 10.6. The zero-order chi connectivity index (χ0) is 14.1. The molecule has 20 heavy (non-hydrogen) atoms. The van der Waals surface area contributed by atoms with Gasteiger partial charge in [0.2, 0.25) is 5.89 Å². The van der Waals surface area contributed by atoms with Crippen LogP contribution in [0.4, 0.5) is 0 Å². The first-order valence-corrected chi connectivity index (χ1v) is 6.71. The average Bonchev–Trinajstić information content (AvgIpc) is 2.86. The summed E-state index contributed by atoms with van der Waals surface area (Å²) in [5, 5.41) is 7.31. The molecule has 0 aliphatic heterocycles. The molecule has 2 heterocycles. The number of nitrogens with zero attached hydrogens (tertiary/aromatic N) is 2. The normalized spacial score (nSPS) is 10.7. The summed E-state index contributed by atoms with van der Waals surface area (Å²) in [4.78, 5) is 4.82. The Bertz CT molecular complexity index is 808. The first-order valence-electron chi connectivity index (χ1n) is 5.93. The van der Waals surface area contributed by atoms with Crippen molar-refractivity contribution in [3.05, 3.63) is 52.0 Å². The van der Waals surface area contributed by atoms with Crippen molar-refractivity contribution in [3.63, 3.8) is 0 Å². The summed E-state index contributed by atoms with van der Waals surface area (Å²) < 4.78 is 5.30. The lowest BCUT2D eigenvalue weighted by Gasteiger charge is -2.05. The summed E-state index contributed by atoms with van der Waals surface area (Å²) >= 11 is 10.8. The van der Waals surface area contributed by atoms with Crippen LogP contribution in [0.5, 0.6) is 0 Å². The summed E-state index contributed by atoms with van der Waals surface area (Å²) in [5.74, 6) is 0.447. The van der Waals surface area contributed by atoms with Crippen molar-refractivity contribution in [1.82, 2.24) is 15.2 Å². The predicted octanol–water partition coefficient (Wildman–Crippen LogP) is 4.42. The molecule has 0 saturated carbocycles.